The first kappa shape index (κ1) is 23.5. The van der Waals surface area contributed by atoms with Gasteiger partial charge in [-0.05, 0) is 48.1 Å². The Morgan fingerprint density at radius 3 is 2.28 bits per heavy atom. The lowest BCUT2D eigenvalue weighted by atomic mass is 9.98. The summed E-state index contributed by atoms with van der Waals surface area (Å²) >= 11 is 1.30. The molecule has 0 radical (unpaired) electrons. The van der Waals surface area contributed by atoms with Gasteiger partial charge in [0.05, 0.1) is 6.61 Å². The van der Waals surface area contributed by atoms with Gasteiger partial charge < -0.3 is 14.8 Å². The zero-order valence-electron chi connectivity index (χ0n) is 18.9. The van der Waals surface area contributed by atoms with Gasteiger partial charge in [-0.2, -0.15) is 0 Å². The van der Waals surface area contributed by atoms with Gasteiger partial charge in [0.25, 0.3) is 5.91 Å². The van der Waals surface area contributed by atoms with Crippen LogP contribution in [0.3, 0.4) is 0 Å². The topological polar surface area (TPSA) is 64.6 Å². The minimum absolute atomic E-state index is 0.149. The third kappa shape index (κ3) is 5.77. The standard InChI is InChI=1S/C26H29NO4S/c1-5-18-7-13-21(14-8-18)31-15-23(28)27-25-24(26(29)30-6-2)22(16-32-25)20-11-9-19(10-12-20)17(3)4/h7-14,16-17H,5-6,15H2,1-4H3,(H,27,28). The van der Waals surface area contributed by atoms with Crippen molar-refractivity contribution in [2.24, 2.45) is 0 Å². The number of carbonyl (C=O) groups is 2. The van der Waals surface area contributed by atoms with Crippen molar-refractivity contribution in [3.8, 4) is 16.9 Å². The molecule has 0 atom stereocenters. The second-order valence-electron chi connectivity index (χ2n) is 7.69. The van der Waals surface area contributed by atoms with Crippen molar-refractivity contribution in [2.45, 2.75) is 40.0 Å². The molecule has 3 rings (SSSR count). The van der Waals surface area contributed by atoms with Crippen molar-refractivity contribution < 1.29 is 19.1 Å². The molecule has 2 aromatic carbocycles. The Morgan fingerprint density at radius 2 is 1.69 bits per heavy atom. The van der Waals surface area contributed by atoms with Crippen LogP contribution in [0.2, 0.25) is 0 Å². The summed E-state index contributed by atoms with van der Waals surface area (Å²) in [4.78, 5) is 25.2. The molecule has 0 unspecified atom stereocenters. The molecule has 3 aromatic rings. The van der Waals surface area contributed by atoms with Crippen LogP contribution < -0.4 is 10.1 Å². The van der Waals surface area contributed by atoms with E-state index in [1.807, 2.05) is 41.8 Å². The molecule has 1 heterocycles. The van der Waals surface area contributed by atoms with Gasteiger partial charge in [-0.3, -0.25) is 4.79 Å². The SMILES string of the molecule is CCOC(=O)c1c(-c2ccc(C(C)C)cc2)csc1NC(=O)COc1ccc(CC)cc1. The van der Waals surface area contributed by atoms with Gasteiger partial charge in [0.1, 0.15) is 16.3 Å². The zero-order chi connectivity index (χ0) is 23.1. The fourth-order valence-electron chi connectivity index (χ4n) is 3.25. The van der Waals surface area contributed by atoms with E-state index >= 15 is 0 Å². The van der Waals surface area contributed by atoms with Gasteiger partial charge in [-0.1, -0.05) is 57.2 Å². The van der Waals surface area contributed by atoms with Gasteiger partial charge in [0, 0.05) is 10.9 Å². The lowest BCUT2D eigenvalue weighted by Gasteiger charge is -2.11. The fourth-order valence-corrected chi connectivity index (χ4v) is 4.22. The number of nitrogens with one attached hydrogen (secondary N) is 1. The van der Waals surface area contributed by atoms with E-state index in [1.165, 1.54) is 22.5 Å². The number of hydrogen-bond donors (Lipinski definition) is 1. The molecule has 0 aliphatic rings. The molecule has 0 fully saturated rings. The summed E-state index contributed by atoms with van der Waals surface area (Å²) in [7, 11) is 0. The molecular formula is C26H29NO4S. The Balaban J connectivity index is 1.77. The fraction of sp³-hybridized carbons (Fsp3) is 0.308. The normalized spacial score (nSPS) is 10.8. The van der Waals surface area contributed by atoms with Crippen molar-refractivity contribution in [2.75, 3.05) is 18.5 Å². The van der Waals surface area contributed by atoms with Crippen LogP contribution in [0.25, 0.3) is 11.1 Å². The third-order valence-corrected chi connectivity index (χ3v) is 6.01. The van der Waals surface area contributed by atoms with E-state index in [1.54, 1.807) is 6.92 Å². The molecule has 32 heavy (non-hydrogen) atoms. The maximum Gasteiger partial charge on any atom is 0.341 e. The zero-order valence-corrected chi connectivity index (χ0v) is 19.8. The molecule has 0 saturated carbocycles. The van der Waals surface area contributed by atoms with Crippen LogP contribution in [0.5, 0.6) is 5.75 Å². The summed E-state index contributed by atoms with van der Waals surface area (Å²) < 4.78 is 10.9. The minimum Gasteiger partial charge on any atom is -0.484 e. The molecular weight excluding hydrogens is 422 g/mol. The first-order chi connectivity index (χ1) is 15.4. The largest absolute Gasteiger partial charge is 0.484 e. The van der Waals surface area contributed by atoms with E-state index in [2.05, 4.69) is 38.2 Å². The van der Waals surface area contributed by atoms with E-state index in [-0.39, 0.29) is 19.1 Å². The predicted molar refractivity (Wildman–Crippen MR) is 130 cm³/mol. The second-order valence-corrected chi connectivity index (χ2v) is 8.56. The number of hydrogen-bond acceptors (Lipinski definition) is 5. The summed E-state index contributed by atoms with van der Waals surface area (Å²) in [5.41, 5.74) is 4.44. The molecule has 0 aliphatic heterocycles. The van der Waals surface area contributed by atoms with Gasteiger partial charge in [-0.25, -0.2) is 4.79 Å². The highest BCUT2D eigenvalue weighted by atomic mass is 32.1. The van der Waals surface area contributed by atoms with Gasteiger partial charge in [0.2, 0.25) is 0 Å². The average molecular weight is 452 g/mol. The Bertz CT molecular complexity index is 1050. The highest BCUT2D eigenvalue weighted by Crippen LogP contribution is 2.36. The lowest BCUT2D eigenvalue weighted by molar-refractivity contribution is -0.118. The summed E-state index contributed by atoms with van der Waals surface area (Å²) in [5, 5.41) is 5.15. The monoisotopic (exact) mass is 451 g/mol. The van der Waals surface area contributed by atoms with Crippen LogP contribution in [0.4, 0.5) is 5.00 Å². The first-order valence-corrected chi connectivity index (χ1v) is 11.7. The number of benzene rings is 2. The number of anilines is 1. The molecule has 1 aromatic heterocycles. The average Bonchev–Trinajstić information content (AvgIpc) is 3.21. The number of rotatable bonds is 9. The molecule has 1 amide bonds. The molecule has 6 heteroatoms. The summed E-state index contributed by atoms with van der Waals surface area (Å²) in [6, 6.07) is 15.7. The molecule has 0 spiro atoms. The van der Waals surface area contributed by atoms with Crippen LogP contribution in [-0.4, -0.2) is 25.1 Å². The first-order valence-electron chi connectivity index (χ1n) is 10.8. The van der Waals surface area contributed by atoms with Crippen molar-refractivity contribution in [1.82, 2.24) is 0 Å². The highest BCUT2D eigenvalue weighted by Gasteiger charge is 2.23. The third-order valence-electron chi connectivity index (χ3n) is 5.11. The Hall–Kier alpha value is -3.12. The molecule has 168 valence electrons. The van der Waals surface area contributed by atoms with E-state index in [9.17, 15) is 9.59 Å². The molecule has 5 nitrogen and oxygen atoms in total. The smallest absolute Gasteiger partial charge is 0.341 e. The molecule has 0 aliphatic carbocycles. The molecule has 1 N–H and O–H groups in total. The number of esters is 1. The van der Waals surface area contributed by atoms with Crippen molar-refractivity contribution >= 4 is 28.2 Å². The van der Waals surface area contributed by atoms with Gasteiger partial charge in [0.15, 0.2) is 6.61 Å². The number of amides is 1. The summed E-state index contributed by atoms with van der Waals surface area (Å²) in [6.45, 7) is 8.22. The van der Waals surface area contributed by atoms with Gasteiger partial charge in [-0.15, -0.1) is 11.3 Å². The van der Waals surface area contributed by atoms with Crippen LogP contribution >= 0.6 is 11.3 Å². The quantitative estimate of drug-likeness (QED) is 0.388. The van der Waals surface area contributed by atoms with Crippen LogP contribution in [0, 0.1) is 0 Å². The van der Waals surface area contributed by atoms with E-state index in [4.69, 9.17) is 9.47 Å². The maximum absolute atomic E-state index is 12.7. The second kappa shape index (κ2) is 11.0. The van der Waals surface area contributed by atoms with Crippen LogP contribution in [0.1, 0.15) is 55.1 Å². The Kier molecular flexibility index (Phi) is 8.06. The lowest BCUT2D eigenvalue weighted by Crippen LogP contribution is -2.21. The number of ether oxygens (including phenoxy) is 2. The number of carbonyl (C=O) groups excluding carboxylic acids is 2. The van der Waals surface area contributed by atoms with E-state index in [0.717, 1.165) is 17.5 Å². The van der Waals surface area contributed by atoms with E-state index < -0.39 is 5.97 Å². The van der Waals surface area contributed by atoms with Crippen LogP contribution in [0.15, 0.2) is 53.9 Å². The van der Waals surface area contributed by atoms with Crippen molar-refractivity contribution in [1.29, 1.82) is 0 Å². The Morgan fingerprint density at radius 1 is 1.00 bits per heavy atom. The maximum atomic E-state index is 12.7. The summed E-state index contributed by atoms with van der Waals surface area (Å²) in [6.07, 6.45) is 0.943. The van der Waals surface area contributed by atoms with Crippen LogP contribution in [-0.2, 0) is 16.0 Å². The minimum atomic E-state index is -0.456. The molecule has 0 saturated heterocycles. The van der Waals surface area contributed by atoms with Crippen molar-refractivity contribution in [3.63, 3.8) is 0 Å². The predicted octanol–water partition coefficient (Wildman–Crippen LogP) is 6.30. The summed E-state index contributed by atoms with van der Waals surface area (Å²) in [5.74, 6) is 0.255. The number of aryl methyl sites for hydroxylation is 1. The Labute approximate surface area is 193 Å². The number of thiophene rings is 1. The van der Waals surface area contributed by atoms with Crippen molar-refractivity contribution in [3.05, 3.63) is 70.6 Å². The van der Waals surface area contributed by atoms with Gasteiger partial charge >= 0.3 is 5.97 Å². The highest BCUT2D eigenvalue weighted by molar-refractivity contribution is 7.15. The van der Waals surface area contributed by atoms with E-state index in [0.29, 0.717) is 22.2 Å². The molecule has 0 bridgehead atoms.